The molecule has 2 nitrogen and oxygen atoms in total. The summed E-state index contributed by atoms with van der Waals surface area (Å²) in [6.45, 7) is 0. The Hall–Kier alpha value is -2.16. The van der Waals surface area contributed by atoms with Crippen LogP contribution in [-0.4, -0.2) is 5.91 Å². The molecule has 3 rings (SSSR count). The number of hydrogen-bond donors (Lipinski definition) is 1. The topological polar surface area (TPSA) is 29.1 Å². The molecule has 0 saturated heterocycles. The van der Waals surface area contributed by atoms with Gasteiger partial charge in [-0.3, -0.25) is 4.79 Å². The van der Waals surface area contributed by atoms with Gasteiger partial charge < -0.3 is 5.32 Å². The Bertz CT molecular complexity index is 597. The highest BCUT2D eigenvalue weighted by Crippen LogP contribution is 2.47. The van der Waals surface area contributed by atoms with E-state index in [-0.39, 0.29) is 17.6 Å². The lowest BCUT2D eigenvalue weighted by molar-refractivity contribution is -0.117. The summed E-state index contributed by atoms with van der Waals surface area (Å²) >= 11 is 0. The van der Waals surface area contributed by atoms with Crippen LogP contribution in [0.15, 0.2) is 54.6 Å². The fourth-order valence-corrected chi connectivity index (χ4v) is 2.35. The van der Waals surface area contributed by atoms with Crippen LogP contribution >= 0.6 is 0 Å². The van der Waals surface area contributed by atoms with Gasteiger partial charge in [-0.2, -0.15) is 0 Å². The molecular weight excluding hydrogens is 241 g/mol. The lowest BCUT2D eigenvalue weighted by atomic mass is 10.1. The highest BCUT2D eigenvalue weighted by atomic mass is 19.1. The Morgan fingerprint density at radius 1 is 1.11 bits per heavy atom. The molecule has 1 N–H and O–H groups in total. The molecule has 1 fully saturated rings. The van der Waals surface area contributed by atoms with Crippen molar-refractivity contribution in [3.05, 3.63) is 66.0 Å². The maximum absolute atomic E-state index is 13.0. The monoisotopic (exact) mass is 255 g/mol. The number of nitrogens with one attached hydrogen (secondary N) is 1. The minimum atomic E-state index is -0.340. The molecule has 0 heterocycles. The molecule has 2 aromatic carbocycles. The highest BCUT2D eigenvalue weighted by molar-refractivity contribution is 5.95. The third kappa shape index (κ3) is 2.65. The Morgan fingerprint density at radius 3 is 2.63 bits per heavy atom. The first kappa shape index (κ1) is 11.9. The van der Waals surface area contributed by atoms with Crippen molar-refractivity contribution in [1.82, 2.24) is 0 Å². The van der Waals surface area contributed by atoms with Crippen molar-refractivity contribution in [2.24, 2.45) is 5.92 Å². The van der Waals surface area contributed by atoms with Gasteiger partial charge in [-0.25, -0.2) is 4.39 Å². The first-order valence-electron chi connectivity index (χ1n) is 6.35. The van der Waals surface area contributed by atoms with Crippen LogP contribution in [0.4, 0.5) is 10.1 Å². The summed E-state index contributed by atoms with van der Waals surface area (Å²) in [6, 6.07) is 16.0. The second-order valence-corrected chi connectivity index (χ2v) is 4.86. The van der Waals surface area contributed by atoms with E-state index >= 15 is 0 Å². The molecule has 1 amide bonds. The summed E-state index contributed by atoms with van der Waals surface area (Å²) in [5.41, 5.74) is 1.71. The van der Waals surface area contributed by atoms with Crippen LogP contribution in [0.5, 0.6) is 0 Å². The predicted octanol–water partition coefficient (Wildman–Crippen LogP) is 3.57. The summed E-state index contributed by atoms with van der Waals surface area (Å²) in [5, 5.41) is 2.77. The molecule has 0 bridgehead atoms. The maximum atomic E-state index is 13.0. The third-order valence-corrected chi connectivity index (χ3v) is 3.45. The van der Waals surface area contributed by atoms with Crippen molar-refractivity contribution in [2.75, 3.05) is 5.32 Å². The average molecular weight is 255 g/mol. The number of hydrogen-bond acceptors (Lipinski definition) is 1. The molecular formula is C16H14FNO. The first-order valence-corrected chi connectivity index (χ1v) is 6.35. The van der Waals surface area contributed by atoms with Crippen LogP contribution in [-0.2, 0) is 4.79 Å². The van der Waals surface area contributed by atoms with E-state index < -0.39 is 0 Å². The van der Waals surface area contributed by atoms with Crippen molar-refractivity contribution in [3.8, 4) is 0 Å². The lowest BCUT2D eigenvalue weighted by Gasteiger charge is -2.05. The van der Waals surface area contributed by atoms with E-state index in [1.165, 1.54) is 17.7 Å². The van der Waals surface area contributed by atoms with E-state index in [9.17, 15) is 9.18 Å². The van der Waals surface area contributed by atoms with E-state index in [1.807, 2.05) is 30.3 Å². The van der Waals surface area contributed by atoms with E-state index in [4.69, 9.17) is 0 Å². The Kier molecular flexibility index (Phi) is 3.03. The van der Waals surface area contributed by atoms with Crippen LogP contribution in [0.2, 0.25) is 0 Å². The van der Waals surface area contributed by atoms with Gasteiger partial charge in [0.1, 0.15) is 5.82 Å². The minimum Gasteiger partial charge on any atom is -0.326 e. The second kappa shape index (κ2) is 4.84. The van der Waals surface area contributed by atoms with Gasteiger partial charge in [-0.15, -0.1) is 0 Å². The zero-order valence-electron chi connectivity index (χ0n) is 10.3. The Balaban J connectivity index is 1.64. The van der Waals surface area contributed by atoms with Crippen molar-refractivity contribution in [1.29, 1.82) is 0 Å². The van der Waals surface area contributed by atoms with Gasteiger partial charge in [-0.1, -0.05) is 36.4 Å². The van der Waals surface area contributed by atoms with E-state index in [0.29, 0.717) is 11.6 Å². The number of benzene rings is 2. The predicted molar refractivity (Wildman–Crippen MR) is 72.3 cm³/mol. The second-order valence-electron chi connectivity index (χ2n) is 4.86. The Labute approximate surface area is 111 Å². The molecule has 19 heavy (non-hydrogen) atoms. The normalized spacial score (nSPS) is 20.9. The van der Waals surface area contributed by atoms with E-state index in [1.54, 1.807) is 12.1 Å². The molecule has 1 aliphatic rings. The van der Waals surface area contributed by atoms with Gasteiger partial charge >= 0.3 is 0 Å². The maximum Gasteiger partial charge on any atom is 0.228 e. The highest BCUT2D eigenvalue weighted by Gasteiger charge is 2.43. The molecule has 96 valence electrons. The van der Waals surface area contributed by atoms with Gasteiger partial charge in [0.25, 0.3) is 0 Å². The van der Waals surface area contributed by atoms with Crippen molar-refractivity contribution >= 4 is 11.6 Å². The van der Waals surface area contributed by atoms with Gasteiger partial charge in [0, 0.05) is 11.6 Å². The zero-order chi connectivity index (χ0) is 13.2. The standard InChI is InChI=1S/C16H14FNO/c17-12-7-4-8-13(9-12)18-16(19)15-10-14(15)11-5-2-1-3-6-11/h1-9,14-15H,10H2,(H,18,19)/t14-,15-/m1/s1. The van der Waals surface area contributed by atoms with E-state index in [0.717, 1.165) is 6.42 Å². The smallest absolute Gasteiger partial charge is 0.228 e. The minimum absolute atomic E-state index is 0.00525. The van der Waals surface area contributed by atoms with Gasteiger partial charge in [-0.05, 0) is 36.1 Å². The molecule has 0 aromatic heterocycles. The van der Waals surface area contributed by atoms with Crippen LogP contribution in [0.25, 0.3) is 0 Å². The number of amides is 1. The number of halogens is 1. The average Bonchev–Trinajstić information content (AvgIpc) is 3.20. The van der Waals surface area contributed by atoms with Crippen LogP contribution in [0.3, 0.4) is 0 Å². The molecule has 2 aromatic rings. The Morgan fingerprint density at radius 2 is 1.89 bits per heavy atom. The van der Waals surface area contributed by atoms with Crippen LogP contribution in [0, 0.1) is 11.7 Å². The summed E-state index contributed by atoms with van der Waals surface area (Å²) in [7, 11) is 0. The van der Waals surface area contributed by atoms with Crippen molar-refractivity contribution in [3.63, 3.8) is 0 Å². The van der Waals surface area contributed by atoms with Gasteiger partial charge in [0.2, 0.25) is 5.91 Å². The summed E-state index contributed by atoms with van der Waals surface area (Å²) < 4.78 is 13.0. The number of carbonyl (C=O) groups excluding carboxylic acids is 1. The first-order chi connectivity index (χ1) is 9.24. The lowest BCUT2D eigenvalue weighted by Crippen LogP contribution is -2.14. The quantitative estimate of drug-likeness (QED) is 0.892. The van der Waals surface area contributed by atoms with E-state index in [2.05, 4.69) is 5.32 Å². The van der Waals surface area contributed by atoms with Crippen LogP contribution < -0.4 is 5.32 Å². The number of anilines is 1. The summed E-state index contributed by atoms with van der Waals surface area (Å²) in [6.07, 6.45) is 0.866. The third-order valence-electron chi connectivity index (χ3n) is 3.45. The number of rotatable bonds is 3. The molecule has 0 radical (unpaired) electrons. The van der Waals surface area contributed by atoms with Gasteiger partial charge in [0.15, 0.2) is 0 Å². The van der Waals surface area contributed by atoms with Crippen molar-refractivity contribution < 1.29 is 9.18 Å². The molecule has 1 saturated carbocycles. The molecule has 2 atom stereocenters. The van der Waals surface area contributed by atoms with Crippen LogP contribution in [0.1, 0.15) is 17.9 Å². The zero-order valence-corrected chi connectivity index (χ0v) is 10.3. The summed E-state index contributed by atoms with van der Waals surface area (Å²) in [5.74, 6) is -0.0620. The molecule has 1 aliphatic carbocycles. The summed E-state index contributed by atoms with van der Waals surface area (Å²) in [4.78, 5) is 12.0. The fraction of sp³-hybridized carbons (Fsp3) is 0.188. The van der Waals surface area contributed by atoms with Gasteiger partial charge in [0.05, 0.1) is 0 Å². The largest absolute Gasteiger partial charge is 0.326 e. The number of carbonyl (C=O) groups is 1. The fourth-order valence-electron chi connectivity index (χ4n) is 2.35. The molecule has 0 spiro atoms. The SMILES string of the molecule is O=C(Nc1cccc(F)c1)[C@@H]1C[C@@H]1c1ccccc1. The molecule has 3 heteroatoms. The molecule has 0 aliphatic heterocycles. The van der Waals surface area contributed by atoms with Crippen molar-refractivity contribution in [2.45, 2.75) is 12.3 Å². The molecule has 0 unspecified atom stereocenters.